The van der Waals surface area contributed by atoms with E-state index in [4.69, 9.17) is 17.3 Å². The first-order valence-electron chi connectivity index (χ1n) is 7.33. The largest absolute Gasteiger partial charge is 0.396 e. The highest BCUT2D eigenvalue weighted by molar-refractivity contribution is 7.92. The number of hydrogen-bond donors (Lipinski definition) is 2. The molecule has 2 aromatic carbocycles. The van der Waals surface area contributed by atoms with Gasteiger partial charge in [0.2, 0.25) is 0 Å². The maximum absolute atomic E-state index is 13.0. The van der Waals surface area contributed by atoms with Crippen molar-refractivity contribution in [1.82, 2.24) is 0 Å². The second-order valence-electron chi connectivity index (χ2n) is 5.90. The first-order chi connectivity index (χ1) is 11.0. The summed E-state index contributed by atoms with van der Waals surface area (Å²) < 4.78 is 26.0. The van der Waals surface area contributed by atoms with Crippen LogP contribution in [0.15, 0.2) is 59.5 Å². The fourth-order valence-electron chi connectivity index (χ4n) is 3.37. The lowest BCUT2D eigenvalue weighted by molar-refractivity contribution is 0.212. The number of aliphatic hydroxyl groups is 1. The molecule has 3 N–H and O–H groups in total. The molecule has 1 aliphatic rings. The molecule has 122 valence electrons. The smallest absolute Gasteiger partial charge is 0.182 e. The molecule has 0 radical (unpaired) electrons. The second-order valence-corrected chi connectivity index (χ2v) is 8.41. The highest BCUT2D eigenvalue weighted by Gasteiger charge is 2.70. The van der Waals surface area contributed by atoms with Gasteiger partial charge in [-0.3, -0.25) is 0 Å². The number of halogens is 1. The van der Waals surface area contributed by atoms with Crippen LogP contribution in [0, 0.1) is 5.41 Å². The van der Waals surface area contributed by atoms with Crippen molar-refractivity contribution >= 4 is 21.4 Å². The Morgan fingerprint density at radius 1 is 1.09 bits per heavy atom. The van der Waals surface area contributed by atoms with Crippen LogP contribution in [-0.2, 0) is 9.84 Å². The molecule has 2 aromatic rings. The van der Waals surface area contributed by atoms with Gasteiger partial charge in [-0.15, -0.1) is 0 Å². The van der Waals surface area contributed by atoms with Crippen molar-refractivity contribution in [3.63, 3.8) is 0 Å². The molecule has 6 heteroatoms. The van der Waals surface area contributed by atoms with Gasteiger partial charge in [-0.1, -0.05) is 41.9 Å². The van der Waals surface area contributed by atoms with Gasteiger partial charge in [0, 0.05) is 22.9 Å². The Hall–Kier alpha value is -1.40. The fourth-order valence-corrected chi connectivity index (χ4v) is 5.97. The van der Waals surface area contributed by atoms with Gasteiger partial charge in [0.1, 0.15) is 0 Å². The molecule has 3 rings (SSSR count). The Labute approximate surface area is 140 Å². The molecule has 3 atom stereocenters. The van der Waals surface area contributed by atoms with Crippen LogP contribution in [0.3, 0.4) is 0 Å². The summed E-state index contributed by atoms with van der Waals surface area (Å²) in [7, 11) is -3.58. The predicted molar refractivity (Wildman–Crippen MR) is 90.2 cm³/mol. The maximum atomic E-state index is 13.0. The van der Waals surface area contributed by atoms with Crippen molar-refractivity contribution in [1.29, 1.82) is 0 Å². The highest BCUT2D eigenvalue weighted by atomic mass is 35.5. The van der Waals surface area contributed by atoms with Gasteiger partial charge in [-0.2, -0.15) is 0 Å². The standard InChI is InChI=1S/C17H18ClNO3S/c18-13-8-6-12(7-9-13)15-16(17(15,10-19)11-20)23(21,22)14-4-2-1-3-5-14/h1-9,15-16,20H,10-11,19H2/t15-,16+,17-/m0/s1. The normalized spacial score (nSPS) is 26.9. The number of aliphatic hydroxyl groups excluding tert-OH is 1. The average Bonchev–Trinajstić information content (AvgIpc) is 3.27. The molecule has 0 saturated heterocycles. The van der Waals surface area contributed by atoms with Crippen molar-refractivity contribution < 1.29 is 13.5 Å². The molecule has 0 heterocycles. The third-order valence-electron chi connectivity index (χ3n) is 4.69. The van der Waals surface area contributed by atoms with Gasteiger partial charge in [-0.25, -0.2) is 8.42 Å². The molecular weight excluding hydrogens is 334 g/mol. The monoisotopic (exact) mass is 351 g/mol. The van der Waals surface area contributed by atoms with Crippen molar-refractivity contribution in [2.75, 3.05) is 13.2 Å². The minimum absolute atomic E-state index is 0.105. The summed E-state index contributed by atoms with van der Waals surface area (Å²) in [6, 6.07) is 15.3. The van der Waals surface area contributed by atoms with Crippen molar-refractivity contribution in [2.24, 2.45) is 11.1 Å². The van der Waals surface area contributed by atoms with E-state index in [9.17, 15) is 13.5 Å². The van der Waals surface area contributed by atoms with Gasteiger partial charge in [0.15, 0.2) is 9.84 Å². The minimum atomic E-state index is -3.58. The van der Waals surface area contributed by atoms with Crippen LogP contribution in [0.2, 0.25) is 5.02 Å². The minimum Gasteiger partial charge on any atom is -0.396 e. The van der Waals surface area contributed by atoms with Crippen LogP contribution >= 0.6 is 11.6 Å². The van der Waals surface area contributed by atoms with E-state index in [1.54, 1.807) is 54.6 Å². The van der Waals surface area contributed by atoms with E-state index in [1.807, 2.05) is 0 Å². The van der Waals surface area contributed by atoms with E-state index < -0.39 is 20.5 Å². The topological polar surface area (TPSA) is 80.4 Å². The quantitative estimate of drug-likeness (QED) is 0.865. The predicted octanol–water partition coefficient (Wildman–Crippen LogP) is 2.22. The van der Waals surface area contributed by atoms with E-state index in [0.29, 0.717) is 5.02 Å². The molecule has 0 spiro atoms. The van der Waals surface area contributed by atoms with E-state index in [0.717, 1.165) is 5.56 Å². The third-order valence-corrected chi connectivity index (χ3v) is 7.28. The lowest BCUT2D eigenvalue weighted by atomic mass is 10.0. The Morgan fingerprint density at radius 3 is 2.22 bits per heavy atom. The number of hydrogen-bond acceptors (Lipinski definition) is 4. The molecule has 0 unspecified atom stereocenters. The Morgan fingerprint density at radius 2 is 1.70 bits per heavy atom. The first-order valence-corrected chi connectivity index (χ1v) is 9.25. The fraction of sp³-hybridized carbons (Fsp3) is 0.294. The van der Waals surface area contributed by atoms with Crippen LogP contribution in [-0.4, -0.2) is 31.9 Å². The van der Waals surface area contributed by atoms with E-state index in [2.05, 4.69) is 0 Å². The highest BCUT2D eigenvalue weighted by Crippen LogP contribution is 2.63. The SMILES string of the molecule is NC[C@@]1(CO)[C@H](S(=O)(=O)c2ccccc2)[C@@H]1c1ccc(Cl)cc1. The number of nitrogens with two attached hydrogens (primary N) is 1. The number of rotatable bonds is 5. The lowest BCUT2D eigenvalue weighted by Gasteiger charge is -2.12. The van der Waals surface area contributed by atoms with Gasteiger partial charge in [-0.05, 0) is 29.8 Å². The summed E-state index contributed by atoms with van der Waals surface area (Å²) in [6.45, 7) is -0.166. The molecule has 23 heavy (non-hydrogen) atoms. The number of sulfone groups is 1. The van der Waals surface area contributed by atoms with Crippen LogP contribution in [0.5, 0.6) is 0 Å². The summed E-state index contributed by atoms with van der Waals surface area (Å²) >= 11 is 5.91. The molecule has 1 saturated carbocycles. The summed E-state index contributed by atoms with van der Waals surface area (Å²) in [4.78, 5) is 0.257. The van der Waals surface area contributed by atoms with Crippen LogP contribution in [0.4, 0.5) is 0 Å². The van der Waals surface area contributed by atoms with Gasteiger partial charge in [0.05, 0.1) is 16.8 Å². The van der Waals surface area contributed by atoms with Gasteiger partial charge < -0.3 is 10.8 Å². The molecular formula is C17H18ClNO3S. The van der Waals surface area contributed by atoms with Crippen molar-refractivity contribution in [2.45, 2.75) is 16.1 Å². The van der Waals surface area contributed by atoms with Crippen LogP contribution < -0.4 is 5.73 Å². The van der Waals surface area contributed by atoms with E-state index in [1.165, 1.54) is 0 Å². The Bertz CT molecular complexity index is 786. The molecule has 1 aliphatic carbocycles. The van der Waals surface area contributed by atoms with Gasteiger partial charge >= 0.3 is 0 Å². The van der Waals surface area contributed by atoms with Crippen molar-refractivity contribution in [3.05, 3.63) is 65.2 Å². The summed E-state index contributed by atoms with van der Waals surface area (Å²) in [5.74, 6) is -0.333. The maximum Gasteiger partial charge on any atom is 0.182 e. The molecule has 0 bridgehead atoms. The molecule has 4 nitrogen and oxygen atoms in total. The Kier molecular flexibility index (Phi) is 4.23. The lowest BCUT2D eigenvalue weighted by Crippen LogP contribution is -2.27. The van der Waals surface area contributed by atoms with Crippen molar-refractivity contribution in [3.8, 4) is 0 Å². The zero-order valence-corrected chi connectivity index (χ0v) is 14.0. The summed E-state index contributed by atoms with van der Waals surface area (Å²) in [5.41, 5.74) is 5.84. The number of benzene rings is 2. The molecule has 0 aliphatic heterocycles. The zero-order chi connectivity index (χ0) is 16.7. The Balaban J connectivity index is 2.05. The molecule has 1 fully saturated rings. The average molecular weight is 352 g/mol. The first kappa shape index (κ1) is 16.5. The summed E-state index contributed by atoms with van der Waals surface area (Å²) in [5, 5.41) is 9.71. The summed E-state index contributed by atoms with van der Waals surface area (Å²) in [6.07, 6.45) is 0. The van der Waals surface area contributed by atoms with Crippen LogP contribution in [0.25, 0.3) is 0 Å². The van der Waals surface area contributed by atoms with E-state index in [-0.39, 0.29) is 24.0 Å². The third kappa shape index (κ3) is 2.58. The van der Waals surface area contributed by atoms with Gasteiger partial charge in [0.25, 0.3) is 0 Å². The molecule has 0 aromatic heterocycles. The zero-order valence-electron chi connectivity index (χ0n) is 12.4. The van der Waals surface area contributed by atoms with Crippen LogP contribution in [0.1, 0.15) is 11.5 Å². The molecule has 0 amide bonds. The van der Waals surface area contributed by atoms with E-state index >= 15 is 0 Å². The second kappa shape index (κ2) is 5.91.